The lowest BCUT2D eigenvalue weighted by molar-refractivity contribution is 0.312. The van der Waals surface area contributed by atoms with E-state index in [1.54, 1.807) is 31.2 Å². The summed E-state index contributed by atoms with van der Waals surface area (Å²) in [6, 6.07) is 13.1. The average molecular weight is 529 g/mol. The van der Waals surface area contributed by atoms with Gasteiger partial charge in [0.2, 0.25) is 5.95 Å². The van der Waals surface area contributed by atoms with E-state index in [0.29, 0.717) is 17.8 Å². The molecule has 0 amide bonds. The molecular formula is C25H33FN8O2S. The van der Waals surface area contributed by atoms with Gasteiger partial charge in [0, 0.05) is 56.3 Å². The third-order valence-corrected chi connectivity index (χ3v) is 7.22. The van der Waals surface area contributed by atoms with Gasteiger partial charge in [0.1, 0.15) is 0 Å². The summed E-state index contributed by atoms with van der Waals surface area (Å²) in [5.74, 6) is -0.343. The minimum Gasteiger partial charge on any atom is -0.369 e. The highest BCUT2D eigenvalue weighted by molar-refractivity contribution is 7.87. The molecule has 0 atom stereocenters. The maximum Gasteiger partial charge on any atom is 0.277 e. The van der Waals surface area contributed by atoms with E-state index in [9.17, 15) is 12.8 Å². The Hall–Kier alpha value is -3.32. The van der Waals surface area contributed by atoms with Crippen LogP contribution in [-0.4, -0.2) is 63.1 Å². The summed E-state index contributed by atoms with van der Waals surface area (Å²) in [6.45, 7) is 8.20. The van der Waals surface area contributed by atoms with Crippen molar-refractivity contribution in [2.75, 3.05) is 55.3 Å². The van der Waals surface area contributed by atoms with Crippen molar-refractivity contribution in [3.8, 4) is 0 Å². The normalized spacial score (nSPS) is 14.5. The monoisotopic (exact) mass is 528 g/mol. The number of halogens is 1. The number of likely N-dealkylation sites (N-methyl/N-ethyl adjacent to an activating group) is 1. The molecule has 12 heteroatoms. The molecule has 198 valence electrons. The molecule has 2 heterocycles. The van der Waals surface area contributed by atoms with E-state index in [1.165, 1.54) is 5.69 Å². The summed E-state index contributed by atoms with van der Waals surface area (Å²) in [5.41, 5.74) is 4.42. The van der Waals surface area contributed by atoms with Crippen molar-refractivity contribution >= 4 is 39.0 Å². The average Bonchev–Trinajstić information content (AvgIpc) is 2.86. The van der Waals surface area contributed by atoms with E-state index in [4.69, 9.17) is 0 Å². The van der Waals surface area contributed by atoms with Gasteiger partial charge in [-0.05, 0) is 55.4 Å². The largest absolute Gasteiger partial charge is 0.369 e. The Bertz CT molecular complexity index is 1330. The van der Waals surface area contributed by atoms with Gasteiger partial charge in [0.05, 0.1) is 6.20 Å². The molecule has 1 aromatic heterocycles. The fourth-order valence-corrected chi connectivity index (χ4v) is 4.93. The maximum absolute atomic E-state index is 14.5. The Balaban J connectivity index is 1.43. The molecule has 3 aromatic rings. The molecule has 0 radical (unpaired) electrons. The zero-order valence-electron chi connectivity index (χ0n) is 21.3. The van der Waals surface area contributed by atoms with Gasteiger partial charge in [0.15, 0.2) is 11.6 Å². The Labute approximate surface area is 217 Å². The Morgan fingerprint density at radius 3 is 2.49 bits per heavy atom. The molecule has 2 aromatic carbocycles. The van der Waals surface area contributed by atoms with Crippen LogP contribution < -0.4 is 25.0 Å². The molecule has 1 aliphatic heterocycles. The fourth-order valence-electron chi connectivity index (χ4n) is 4.09. The molecule has 0 unspecified atom stereocenters. The second-order valence-electron chi connectivity index (χ2n) is 8.95. The molecule has 0 spiro atoms. The summed E-state index contributed by atoms with van der Waals surface area (Å²) >= 11 is 0. The molecule has 1 saturated heterocycles. The second kappa shape index (κ2) is 11.8. The van der Waals surface area contributed by atoms with Gasteiger partial charge in [-0.15, -0.1) is 0 Å². The number of hydrogen-bond donors (Lipinski definition) is 4. The van der Waals surface area contributed by atoms with E-state index < -0.39 is 16.0 Å². The van der Waals surface area contributed by atoms with E-state index in [2.05, 4.69) is 59.9 Å². The molecule has 10 nitrogen and oxygen atoms in total. The zero-order valence-corrected chi connectivity index (χ0v) is 22.1. The van der Waals surface area contributed by atoms with Crippen LogP contribution in [0.2, 0.25) is 0 Å². The fraction of sp³-hybridized carbons (Fsp3) is 0.360. The standard InChI is InChI=1S/C25H33FN8O2S/c1-4-28-37(35,36)29-16-19-6-5-7-20(15-19)30-24-22(26)17-27-25(32-24)31-21-8-9-23(18(2)14-21)34-12-10-33(3)11-13-34/h5-9,14-15,17,28-29H,4,10-13,16H2,1-3H3,(H2,27,30,31,32). The van der Waals surface area contributed by atoms with Crippen molar-refractivity contribution in [2.24, 2.45) is 0 Å². The number of nitrogens with zero attached hydrogens (tertiary/aromatic N) is 4. The number of nitrogens with one attached hydrogen (secondary N) is 4. The SMILES string of the molecule is CCNS(=O)(=O)NCc1cccc(Nc2nc(Nc3ccc(N4CCN(C)CC4)c(C)c3)ncc2F)c1. The summed E-state index contributed by atoms with van der Waals surface area (Å²) in [6.07, 6.45) is 1.11. The summed E-state index contributed by atoms with van der Waals surface area (Å²) in [7, 11) is -1.44. The van der Waals surface area contributed by atoms with Crippen LogP contribution in [-0.2, 0) is 16.8 Å². The van der Waals surface area contributed by atoms with Gasteiger partial charge < -0.3 is 20.4 Å². The van der Waals surface area contributed by atoms with Crippen molar-refractivity contribution < 1.29 is 12.8 Å². The smallest absolute Gasteiger partial charge is 0.277 e. The quantitative estimate of drug-likeness (QED) is 0.317. The van der Waals surface area contributed by atoms with E-state index in [1.807, 2.05) is 12.1 Å². The van der Waals surface area contributed by atoms with Crippen LogP contribution in [0.4, 0.5) is 33.2 Å². The first-order valence-corrected chi connectivity index (χ1v) is 13.6. The third kappa shape index (κ3) is 7.35. The molecule has 1 aliphatic rings. The highest BCUT2D eigenvalue weighted by Crippen LogP contribution is 2.27. The molecule has 0 aliphatic carbocycles. The topological polar surface area (TPSA) is 115 Å². The van der Waals surface area contributed by atoms with Gasteiger partial charge in [-0.25, -0.2) is 14.1 Å². The Morgan fingerprint density at radius 2 is 1.76 bits per heavy atom. The number of rotatable bonds is 10. The van der Waals surface area contributed by atoms with Crippen molar-refractivity contribution in [1.29, 1.82) is 0 Å². The number of aryl methyl sites for hydroxylation is 1. The third-order valence-electron chi connectivity index (χ3n) is 6.03. The van der Waals surface area contributed by atoms with Gasteiger partial charge in [0.25, 0.3) is 10.2 Å². The van der Waals surface area contributed by atoms with Crippen LogP contribution in [0.1, 0.15) is 18.1 Å². The van der Waals surface area contributed by atoms with Crippen molar-refractivity contribution in [2.45, 2.75) is 20.4 Å². The van der Waals surface area contributed by atoms with Crippen molar-refractivity contribution in [1.82, 2.24) is 24.3 Å². The highest BCUT2D eigenvalue weighted by Gasteiger charge is 2.16. The number of benzene rings is 2. The predicted octanol–water partition coefficient (Wildman–Crippen LogP) is 3.11. The molecular weight excluding hydrogens is 495 g/mol. The Morgan fingerprint density at radius 1 is 1.00 bits per heavy atom. The first-order valence-electron chi connectivity index (χ1n) is 12.2. The van der Waals surface area contributed by atoms with Crippen molar-refractivity contribution in [3.63, 3.8) is 0 Å². The predicted molar refractivity (Wildman–Crippen MR) is 145 cm³/mol. The molecule has 0 saturated carbocycles. The van der Waals surface area contributed by atoms with Gasteiger partial charge >= 0.3 is 0 Å². The number of aromatic nitrogens is 2. The summed E-state index contributed by atoms with van der Waals surface area (Å²) in [4.78, 5) is 13.1. The molecule has 0 bridgehead atoms. The lowest BCUT2D eigenvalue weighted by Crippen LogP contribution is -2.44. The minimum atomic E-state index is -3.57. The van der Waals surface area contributed by atoms with E-state index >= 15 is 0 Å². The van der Waals surface area contributed by atoms with Crippen LogP contribution in [0, 0.1) is 12.7 Å². The number of piperazine rings is 1. The van der Waals surface area contributed by atoms with Crippen LogP contribution in [0.5, 0.6) is 0 Å². The summed E-state index contributed by atoms with van der Waals surface area (Å²) in [5, 5.41) is 6.11. The second-order valence-corrected chi connectivity index (χ2v) is 10.5. The zero-order chi connectivity index (χ0) is 26.4. The van der Waals surface area contributed by atoms with Gasteiger partial charge in [-0.1, -0.05) is 19.1 Å². The lowest BCUT2D eigenvalue weighted by Gasteiger charge is -2.35. The number of hydrogen-bond acceptors (Lipinski definition) is 8. The van der Waals surface area contributed by atoms with E-state index in [0.717, 1.165) is 43.6 Å². The van der Waals surface area contributed by atoms with Gasteiger partial charge in [-0.3, -0.25) is 0 Å². The molecule has 4 N–H and O–H groups in total. The molecule has 37 heavy (non-hydrogen) atoms. The minimum absolute atomic E-state index is 0.00802. The summed E-state index contributed by atoms with van der Waals surface area (Å²) < 4.78 is 43.0. The van der Waals surface area contributed by atoms with E-state index in [-0.39, 0.29) is 18.3 Å². The first kappa shape index (κ1) is 26.7. The van der Waals surface area contributed by atoms with Gasteiger partial charge in [-0.2, -0.15) is 18.1 Å². The van der Waals surface area contributed by atoms with Crippen LogP contribution in [0.3, 0.4) is 0 Å². The van der Waals surface area contributed by atoms with Crippen LogP contribution in [0.15, 0.2) is 48.7 Å². The van der Waals surface area contributed by atoms with Crippen LogP contribution in [0.25, 0.3) is 0 Å². The lowest BCUT2D eigenvalue weighted by atomic mass is 10.1. The highest BCUT2D eigenvalue weighted by atomic mass is 32.2. The first-order chi connectivity index (χ1) is 17.7. The molecule has 4 rings (SSSR count). The van der Waals surface area contributed by atoms with Crippen molar-refractivity contribution in [3.05, 3.63) is 65.6 Å². The molecule has 1 fully saturated rings. The number of anilines is 5. The van der Waals surface area contributed by atoms with Crippen LogP contribution >= 0.6 is 0 Å². The Kier molecular flexibility index (Phi) is 8.54. The maximum atomic E-state index is 14.5.